The molecule has 0 aromatic carbocycles. The van der Waals surface area contributed by atoms with Crippen LogP contribution in [-0.4, -0.2) is 27.7 Å². The SMILES string of the molecule is ClCc1nnn(CC2CCCO2)c1CC1CC1. The Bertz CT molecular complexity index is 383. The molecule has 1 saturated carbocycles. The Hall–Kier alpha value is -0.610. The Kier molecular flexibility index (Phi) is 3.34. The van der Waals surface area contributed by atoms with Crippen LogP contribution in [0.25, 0.3) is 0 Å². The van der Waals surface area contributed by atoms with Gasteiger partial charge in [0, 0.05) is 6.61 Å². The highest BCUT2D eigenvalue weighted by atomic mass is 35.5. The van der Waals surface area contributed by atoms with Crippen molar-refractivity contribution >= 4 is 11.6 Å². The van der Waals surface area contributed by atoms with E-state index < -0.39 is 0 Å². The number of ether oxygens (including phenoxy) is 1. The van der Waals surface area contributed by atoms with Crippen LogP contribution in [0.2, 0.25) is 0 Å². The Morgan fingerprint density at radius 2 is 2.24 bits per heavy atom. The fourth-order valence-electron chi connectivity index (χ4n) is 2.42. The van der Waals surface area contributed by atoms with E-state index in [-0.39, 0.29) is 0 Å². The molecule has 0 radical (unpaired) electrons. The number of hydrogen-bond donors (Lipinski definition) is 0. The molecule has 1 unspecified atom stereocenters. The summed E-state index contributed by atoms with van der Waals surface area (Å²) in [5.41, 5.74) is 2.19. The maximum Gasteiger partial charge on any atom is 0.101 e. The van der Waals surface area contributed by atoms with E-state index >= 15 is 0 Å². The van der Waals surface area contributed by atoms with Gasteiger partial charge in [-0.3, -0.25) is 0 Å². The maximum absolute atomic E-state index is 5.92. The van der Waals surface area contributed by atoms with Crippen molar-refractivity contribution in [3.8, 4) is 0 Å². The quantitative estimate of drug-likeness (QED) is 0.757. The number of nitrogens with zero attached hydrogens (tertiary/aromatic N) is 3. The van der Waals surface area contributed by atoms with Gasteiger partial charge in [0.05, 0.1) is 24.2 Å². The molecule has 0 bridgehead atoms. The summed E-state index contributed by atoms with van der Waals surface area (Å²) in [5.74, 6) is 1.30. The molecular weight excluding hydrogens is 238 g/mol. The predicted molar refractivity (Wildman–Crippen MR) is 65.0 cm³/mol. The van der Waals surface area contributed by atoms with Crippen molar-refractivity contribution in [3.63, 3.8) is 0 Å². The molecule has 1 aromatic rings. The number of rotatable bonds is 5. The van der Waals surface area contributed by atoms with Gasteiger partial charge in [0.1, 0.15) is 5.69 Å². The molecule has 17 heavy (non-hydrogen) atoms. The average Bonchev–Trinajstić information content (AvgIpc) is 2.87. The molecule has 5 heteroatoms. The van der Waals surface area contributed by atoms with Crippen LogP contribution < -0.4 is 0 Å². The number of alkyl halides is 1. The van der Waals surface area contributed by atoms with Crippen LogP contribution in [0.1, 0.15) is 37.1 Å². The summed E-state index contributed by atoms with van der Waals surface area (Å²) in [5, 5.41) is 8.42. The number of aromatic nitrogens is 3. The van der Waals surface area contributed by atoms with Crippen molar-refractivity contribution in [1.29, 1.82) is 0 Å². The molecule has 1 aromatic heterocycles. The average molecular weight is 256 g/mol. The van der Waals surface area contributed by atoms with Crippen LogP contribution in [0.5, 0.6) is 0 Å². The molecule has 3 rings (SSSR count). The first-order valence-corrected chi connectivity index (χ1v) is 6.99. The van der Waals surface area contributed by atoms with Crippen molar-refractivity contribution in [2.45, 2.75) is 50.6 Å². The van der Waals surface area contributed by atoms with Gasteiger partial charge in [0.15, 0.2) is 0 Å². The van der Waals surface area contributed by atoms with Gasteiger partial charge in [-0.15, -0.1) is 16.7 Å². The van der Waals surface area contributed by atoms with E-state index in [9.17, 15) is 0 Å². The minimum Gasteiger partial charge on any atom is -0.376 e. The van der Waals surface area contributed by atoms with E-state index in [4.69, 9.17) is 16.3 Å². The summed E-state index contributed by atoms with van der Waals surface area (Å²) in [6.07, 6.45) is 6.39. The zero-order valence-electron chi connectivity index (χ0n) is 9.94. The number of halogens is 1. The highest BCUT2D eigenvalue weighted by Gasteiger charge is 2.27. The molecule has 2 fully saturated rings. The van der Waals surface area contributed by atoms with Crippen molar-refractivity contribution in [2.75, 3.05) is 6.61 Å². The topological polar surface area (TPSA) is 39.9 Å². The van der Waals surface area contributed by atoms with Crippen molar-refractivity contribution in [2.24, 2.45) is 5.92 Å². The third kappa shape index (κ3) is 2.63. The summed E-state index contributed by atoms with van der Waals surface area (Å²) in [6.45, 7) is 1.73. The minimum atomic E-state index is 0.317. The standard InChI is InChI=1S/C12H18ClN3O/c13-7-11-12(6-9-3-4-9)16(15-14-11)8-10-2-1-5-17-10/h9-10H,1-8H2. The molecule has 94 valence electrons. The van der Waals surface area contributed by atoms with Crippen molar-refractivity contribution < 1.29 is 4.74 Å². The Morgan fingerprint density at radius 1 is 1.35 bits per heavy atom. The molecule has 2 aliphatic rings. The summed E-state index contributed by atoms with van der Waals surface area (Å²) in [7, 11) is 0. The van der Waals surface area contributed by atoms with Gasteiger partial charge in [0.25, 0.3) is 0 Å². The van der Waals surface area contributed by atoms with Crippen molar-refractivity contribution in [1.82, 2.24) is 15.0 Å². The molecular formula is C12H18ClN3O. The van der Waals surface area contributed by atoms with E-state index in [1.54, 1.807) is 0 Å². The first-order chi connectivity index (χ1) is 8.36. The zero-order chi connectivity index (χ0) is 11.7. The zero-order valence-corrected chi connectivity index (χ0v) is 10.7. The normalized spacial score (nSPS) is 24.4. The second-order valence-electron chi connectivity index (χ2n) is 5.08. The van der Waals surface area contributed by atoms with E-state index in [1.807, 2.05) is 4.68 Å². The molecule has 0 N–H and O–H groups in total. The van der Waals surface area contributed by atoms with Crippen LogP contribution in [0.4, 0.5) is 0 Å². The monoisotopic (exact) mass is 255 g/mol. The van der Waals surface area contributed by atoms with Crippen LogP contribution in [0, 0.1) is 5.92 Å². The largest absolute Gasteiger partial charge is 0.376 e. The molecule has 1 aliphatic heterocycles. The van der Waals surface area contributed by atoms with E-state index in [0.717, 1.165) is 37.6 Å². The Balaban J connectivity index is 1.74. The fourth-order valence-corrected chi connectivity index (χ4v) is 2.63. The first-order valence-electron chi connectivity index (χ1n) is 6.45. The molecule has 2 heterocycles. The van der Waals surface area contributed by atoms with Gasteiger partial charge < -0.3 is 4.74 Å². The third-order valence-corrected chi connectivity index (χ3v) is 3.88. The van der Waals surface area contributed by atoms with Crippen LogP contribution in [0.3, 0.4) is 0 Å². The van der Waals surface area contributed by atoms with E-state index in [0.29, 0.717) is 12.0 Å². The summed E-state index contributed by atoms with van der Waals surface area (Å²) >= 11 is 5.92. The van der Waals surface area contributed by atoms with Crippen LogP contribution >= 0.6 is 11.6 Å². The third-order valence-electron chi connectivity index (χ3n) is 3.62. The lowest BCUT2D eigenvalue weighted by molar-refractivity contribution is 0.0926. The molecule has 0 spiro atoms. The lowest BCUT2D eigenvalue weighted by atomic mass is 10.2. The van der Waals surface area contributed by atoms with Gasteiger partial charge >= 0.3 is 0 Å². The lowest BCUT2D eigenvalue weighted by Gasteiger charge is -2.11. The lowest BCUT2D eigenvalue weighted by Crippen LogP contribution is -2.18. The van der Waals surface area contributed by atoms with Gasteiger partial charge in [0.2, 0.25) is 0 Å². The second kappa shape index (κ2) is 4.94. The highest BCUT2D eigenvalue weighted by molar-refractivity contribution is 6.16. The minimum absolute atomic E-state index is 0.317. The van der Waals surface area contributed by atoms with Gasteiger partial charge in [-0.25, -0.2) is 4.68 Å². The highest BCUT2D eigenvalue weighted by Crippen LogP contribution is 2.33. The molecule has 1 atom stereocenters. The predicted octanol–water partition coefficient (Wildman–Crippen LogP) is 2.15. The van der Waals surface area contributed by atoms with Gasteiger partial charge in [-0.1, -0.05) is 5.21 Å². The van der Waals surface area contributed by atoms with Gasteiger partial charge in [-0.05, 0) is 38.0 Å². The molecule has 4 nitrogen and oxygen atoms in total. The first kappa shape index (κ1) is 11.5. The summed E-state index contributed by atoms with van der Waals surface area (Å²) < 4.78 is 7.67. The molecule has 1 aliphatic carbocycles. The van der Waals surface area contributed by atoms with E-state index in [1.165, 1.54) is 25.0 Å². The summed E-state index contributed by atoms with van der Waals surface area (Å²) in [4.78, 5) is 0. The smallest absolute Gasteiger partial charge is 0.101 e. The Labute approximate surface area is 106 Å². The number of hydrogen-bond acceptors (Lipinski definition) is 3. The summed E-state index contributed by atoms with van der Waals surface area (Å²) in [6, 6.07) is 0. The van der Waals surface area contributed by atoms with Crippen LogP contribution in [-0.2, 0) is 23.6 Å². The fraction of sp³-hybridized carbons (Fsp3) is 0.833. The van der Waals surface area contributed by atoms with E-state index in [2.05, 4.69) is 10.3 Å². The molecule has 0 amide bonds. The van der Waals surface area contributed by atoms with Crippen molar-refractivity contribution in [3.05, 3.63) is 11.4 Å². The molecule has 1 saturated heterocycles. The Morgan fingerprint density at radius 3 is 2.88 bits per heavy atom. The maximum atomic E-state index is 5.92. The second-order valence-corrected chi connectivity index (χ2v) is 5.35. The van der Waals surface area contributed by atoms with Crippen LogP contribution in [0.15, 0.2) is 0 Å². The van der Waals surface area contributed by atoms with Gasteiger partial charge in [-0.2, -0.15) is 0 Å².